The molecule has 0 radical (unpaired) electrons. The molecule has 2 heterocycles. The molecule has 1 saturated heterocycles. The molecule has 2 aromatic rings. The van der Waals surface area contributed by atoms with Gasteiger partial charge in [0.1, 0.15) is 5.75 Å². The molecule has 3 atom stereocenters. The van der Waals surface area contributed by atoms with Crippen molar-refractivity contribution in [3.05, 3.63) is 53.6 Å². The lowest BCUT2D eigenvalue weighted by molar-refractivity contribution is -0.144. The number of hydrogen-bond acceptors (Lipinski definition) is 7. The summed E-state index contributed by atoms with van der Waals surface area (Å²) in [5.41, 5.74) is 7.83. The Bertz CT molecular complexity index is 1130. The van der Waals surface area contributed by atoms with E-state index < -0.39 is 11.9 Å². The number of carboxylic acid groups (broad SMARTS) is 1. The highest BCUT2D eigenvalue weighted by atomic mass is 16.5. The molecule has 0 bridgehead atoms. The first-order valence-electron chi connectivity index (χ1n) is 14.4. The number of rotatable bonds is 15. The van der Waals surface area contributed by atoms with Crippen LogP contribution in [0.25, 0.3) is 0 Å². The fourth-order valence-electron chi connectivity index (χ4n) is 5.92. The van der Waals surface area contributed by atoms with Crippen LogP contribution in [0.3, 0.4) is 0 Å². The van der Waals surface area contributed by atoms with Crippen molar-refractivity contribution >= 4 is 11.9 Å². The third-order valence-corrected chi connectivity index (χ3v) is 8.02. The van der Waals surface area contributed by atoms with Gasteiger partial charge in [-0.15, -0.1) is 0 Å². The summed E-state index contributed by atoms with van der Waals surface area (Å²) in [6.07, 6.45) is 3.93. The molecule has 3 N–H and O–H groups in total. The van der Waals surface area contributed by atoms with Crippen LogP contribution in [0.4, 0.5) is 0 Å². The van der Waals surface area contributed by atoms with Gasteiger partial charge in [0.2, 0.25) is 5.91 Å². The molecule has 9 heteroatoms. The van der Waals surface area contributed by atoms with Gasteiger partial charge >= 0.3 is 5.97 Å². The van der Waals surface area contributed by atoms with Crippen LogP contribution in [0.1, 0.15) is 49.7 Å². The van der Waals surface area contributed by atoms with Crippen molar-refractivity contribution < 1.29 is 28.9 Å². The summed E-state index contributed by atoms with van der Waals surface area (Å²) in [4.78, 5) is 30.3. The number of para-hydroxylation sites is 2. The molecule has 0 aromatic heterocycles. The predicted octanol–water partition coefficient (Wildman–Crippen LogP) is 3.55. The number of hydrogen-bond donors (Lipinski definition) is 2. The number of ether oxygens (including phenoxy) is 3. The molecule has 218 valence electrons. The summed E-state index contributed by atoms with van der Waals surface area (Å²) >= 11 is 0. The van der Waals surface area contributed by atoms with E-state index >= 15 is 0 Å². The number of likely N-dealkylation sites (tertiary alicyclic amines) is 1. The molecular formula is C31H43N3O6. The van der Waals surface area contributed by atoms with Crippen LogP contribution in [0.5, 0.6) is 17.2 Å². The van der Waals surface area contributed by atoms with Gasteiger partial charge in [0.15, 0.2) is 11.5 Å². The maximum absolute atomic E-state index is 13.5. The predicted molar refractivity (Wildman–Crippen MR) is 153 cm³/mol. The zero-order chi connectivity index (χ0) is 28.5. The maximum Gasteiger partial charge on any atom is 0.308 e. The number of nitrogens with zero attached hydrogens (tertiary/aromatic N) is 2. The third kappa shape index (κ3) is 7.06. The second-order valence-electron chi connectivity index (χ2n) is 10.6. The molecule has 40 heavy (non-hydrogen) atoms. The second kappa shape index (κ2) is 14.4. The number of carbonyl (C=O) groups excluding carboxylic acids is 1. The van der Waals surface area contributed by atoms with Gasteiger partial charge in [-0.2, -0.15) is 0 Å². The summed E-state index contributed by atoms with van der Waals surface area (Å²) in [6, 6.07) is 13.1. The van der Waals surface area contributed by atoms with Crippen molar-refractivity contribution in [1.82, 2.24) is 9.80 Å². The summed E-state index contributed by atoms with van der Waals surface area (Å²) in [5.74, 6) is 0.340. The number of amides is 1. The van der Waals surface area contributed by atoms with Crippen molar-refractivity contribution in [1.29, 1.82) is 0 Å². The van der Waals surface area contributed by atoms with Crippen LogP contribution in [0.2, 0.25) is 0 Å². The standard InChI is InChI=1S/C31H43N3O6/c1-3-4-15-33(16-7-14-32)29(35)21-34-20-24(22-10-11-26-23(19-22)12-17-39-26)30(31(36)37)25(34)13-18-40-28-9-6-5-8-27(28)38-2/h5-6,8-11,19,24-25,30H,3-4,7,12-18,20-21,32H2,1-2H3,(H,36,37). The Labute approximate surface area is 237 Å². The van der Waals surface area contributed by atoms with Gasteiger partial charge in [-0.25, -0.2) is 0 Å². The minimum absolute atomic E-state index is 0.0182. The van der Waals surface area contributed by atoms with Gasteiger partial charge in [-0.05, 0) is 55.1 Å². The topological polar surface area (TPSA) is 115 Å². The Morgan fingerprint density at radius 3 is 2.65 bits per heavy atom. The van der Waals surface area contributed by atoms with Gasteiger partial charge in [0, 0.05) is 38.0 Å². The van der Waals surface area contributed by atoms with Gasteiger partial charge in [-0.3, -0.25) is 14.5 Å². The molecule has 2 aromatic carbocycles. The summed E-state index contributed by atoms with van der Waals surface area (Å²) in [6.45, 7) is 5.52. The van der Waals surface area contributed by atoms with E-state index in [9.17, 15) is 14.7 Å². The van der Waals surface area contributed by atoms with Crippen molar-refractivity contribution in [3.63, 3.8) is 0 Å². The van der Waals surface area contributed by atoms with Crippen molar-refractivity contribution in [3.8, 4) is 17.2 Å². The molecule has 0 saturated carbocycles. The molecular weight excluding hydrogens is 510 g/mol. The number of unbranched alkanes of at least 4 members (excludes halogenated alkanes) is 1. The number of fused-ring (bicyclic) bond motifs is 1. The van der Waals surface area contributed by atoms with Crippen LogP contribution < -0.4 is 19.9 Å². The van der Waals surface area contributed by atoms with E-state index in [1.54, 1.807) is 7.11 Å². The summed E-state index contributed by atoms with van der Waals surface area (Å²) in [5, 5.41) is 10.5. The zero-order valence-electron chi connectivity index (χ0n) is 23.7. The number of carbonyl (C=O) groups is 2. The molecule has 1 fully saturated rings. The van der Waals surface area contributed by atoms with Gasteiger partial charge in [0.05, 0.1) is 32.8 Å². The minimum Gasteiger partial charge on any atom is -0.493 e. The zero-order valence-corrected chi connectivity index (χ0v) is 23.7. The first-order chi connectivity index (χ1) is 19.5. The largest absolute Gasteiger partial charge is 0.493 e. The van der Waals surface area contributed by atoms with E-state index in [4.69, 9.17) is 19.9 Å². The normalized spacial score (nSPS) is 20.1. The SMILES string of the molecule is CCCCN(CCCN)C(=O)CN1CC(c2ccc3c(c2)CCO3)C(C(=O)O)C1CCOc1ccccc1OC. The highest BCUT2D eigenvalue weighted by molar-refractivity contribution is 5.79. The average Bonchev–Trinajstić information content (AvgIpc) is 3.57. The fourth-order valence-corrected chi connectivity index (χ4v) is 5.92. The number of carboxylic acids is 1. The molecule has 2 aliphatic heterocycles. The smallest absolute Gasteiger partial charge is 0.308 e. The summed E-state index contributed by atoms with van der Waals surface area (Å²) < 4.78 is 17.1. The van der Waals surface area contributed by atoms with Gasteiger partial charge in [-0.1, -0.05) is 37.6 Å². The average molecular weight is 554 g/mol. The quantitative estimate of drug-likeness (QED) is 0.344. The highest BCUT2D eigenvalue weighted by Crippen LogP contribution is 2.41. The number of methoxy groups -OCH3 is 1. The molecule has 3 unspecified atom stereocenters. The van der Waals surface area contributed by atoms with E-state index in [0.29, 0.717) is 57.3 Å². The first-order valence-corrected chi connectivity index (χ1v) is 14.4. The van der Waals surface area contributed by atoms with E-state index in [1.165, 1.54) is 0 Å². The highest BCUT2D eigenvalue weighted by Gasteiger charge is 2.47. The van der Waals surface area contributed by atoms with Crippen molar-refractivity contribution in [2.45, 2.75) is 51.0 Å². The van der Waals surface area contributed by atoms with Crippen molar-refractivity contribution in [2.75, 3.05) is 53.0 Å². The van der Waals surface area contributed by atoms with E-state index in [0.717, 1.165) is 42.6 Å². The maximum atomic E-state index is 13.5. The number of nitrogens with two attached hydrogens (primary N) is 1. The van der Waals surface area contributed by atoms with Crippen LogP contribution in [0.15, 0.2) is 42.5 Å². The molecule has 4 rings (SSSR count). The lowest BCUT2D eigenvalue weighted by Crippen LogP contribution is -2.45. The monoisotopic (exact) mass is 553 g/mol. The number of benzene rings is 2. The first kappa shape index (κ1) is 29.7. The molecule has 9 nitrogen and oxygen atoms in total. The Morgan fingerprint density at radius 2 is 1.93 bits per heavy atom. The molecule has 0 spiro atoms. The van der Waals surface area contributed by atoms with Crippen molar-refractivity contribution in [2.24, 2.45) is 11.7 Å². The molecule has 1 amide bonds. The van der Waals surface area contributed by atoms with Crippen LogP contribution >= 0.6 is 0 Å². The van der Waals surface area contributed by atoms with E-state index in [2.05, 4.69) is 17.9 Å². The van der Waals surface area contributed by atoms with E-state index in [1.807, 2.05) is 41.3 Å². The Kier molecular flexibility index (Phi) is 10.7. The fraction of sp³-hybridized carbons (Fsp3) is 0.548. The second-order valence-corrected chi connectivity index (χ2v) is 10.6. The Morgan fingerprint density at radius 1 is 1.15 bits per heavy atom. The Hall–Kier alpha value is -3.30. The lowest BCUT2D eigenvalue weighted by Gasteiger charge is -2.29. The third-order valence-electron chi connectivity index (χ3n) is 8.02. The molecule has 0 aliphatic carbocycles. The van der Waals surface area contributed by atoms with Gasteiger partial charge in [0.25, 0.3) is 0 Å². The van der Waals surface area contributed by atoms with Crippen LogP contribution in [0, 0.1) is 5.92 Å². The van der Waals surface area contributed by atoms with Gasteiger partial charge < -0.3 is 30.0 Å². The summed E-state index contributed by atoms with van der Waals surface area (Å²) in [7, 11) is 1.59. The molecule has 2 aliphatic rings. The Balaban J connectivity index is 1.57. The van der Waals surface area contributed by atoms with Crippen LogP contribution in [-0.4, -0.2) is 85.9 Å². The minimum atomic E-state index is -0.857. The number of aliphatic carboxylic acids is 1. The lowest BCUT2D eigenvalue weighted by atomic mass is 9.83. The van der Waals surface area contributed by atoms with Crippen LogP contribution in [-0.2, 0) is 16.0 Å². The van der Waals surface area contributed by atoms with E-state index in [-0.39, 0.29) is 24.4 Å².